The predicted molar refractivity (Wildman–Crippen MR) is 71.5 cm³/mol. The number of hydrogen-bond donors (Lipinski definition) is 0. The van der Waals surface area contributed by atoms with E-state index in [0.29, 0.717) is 6.61 Å². The average Bonchev–Trinajstić information content (AvgIpc) is 2.45. The van der Waals surface area contributed by atoms with Crippen LogP contribution in [-0.2, 0) is 6.61 Å². The molecule has 0 unspecified atom stereocenters. The molecule has 1 aliphatic heterocycles. The number of rotatable bonds is 0. The van der Waals surface area contributed by atoms with E-state index in [2.05, 4.69) is 18.2 Å². The van der Waals surface area contributed by atoms with Crippen molar-refractivity contribution >= 4 is 10.9 Å². The summed E-state index contributed by atoms with van der Waals surface area (Å²) in [6.45, 7) is 0.601. The smallest absolute Gasteiger partial charge is 0.129 e. The summed E-state index contributed by atoms with van der Waals surface area (Å²) in [6.07, 6.45) is 0. The quantitative estimate of drug-likeness (QED) is 0.589. The summed E-state index contributed by atoms with van der Waals surface area (Å²) in [6, 6.07) is 18.4. The molecule has 2 nitrogen and oxygen atoms in total. The Morgan fingerprint density at radius 3 is 2.78 bits per heavy atom. The second-order valence-corrected chi connectivity index (χ2v) is 4.47. The van der Waals surface area contributed by atoms with Crippen LogP contribution in [0.1, 0.15) is 5.56 Å². The molecule has 1 aliphatic rings. The molecule has 0 bridgehead atoms. The summed E-state index contributed by atoms with van der Waals surface area (Å²) < 4.78 is 5.76. The molecule has 0 N–H and O–H groups in total. The molecule has 0 spiro atoms. The molecule has 2 heterocycles. The number of fused-ring (bicyclic) bond motifs is 4. The van der Waals surface area contributed by atoms with Crippen molar-refractivity contribution in [2.45, 2.75) is 6.61 Å². The van der Waals surface area contributed by atoms with E-state index in [9.17, 15) is 0 Å². The number of aromatic nitrogens is 1. The van der Waals surface area contributed by atoms with Crippen LogP contribution in [0.25, 0.3) is 22.2 Å². The Morgan fingerprint density at radius 2 is 1.78 bits per heavy atom. The molecule has 0 radical (unpaired) electrons. The summed E-state index contributed by atoms with van der Waals surface area (Å²) in [5.74, 6) is 0.924. The highest BCUT2D eigenvalue weighted by Gasteiger charge is 2.18. The zero-order valence-corrected chi connectivity index (χ0v) is 9.76. The first-order valence-electron chi connectivity index (χ1n) is 6.03. The van der Waals surface area contributed by atoms with Gasteiger partial charge < -0.3 is 4.74 Å². The maximum atomic E-state index is 5.76. The second-order valence-electron chi connectivity index (χ2n) is 4.47. The lowest BCUT2D eigenvalue weighted by molar-refractivity contribution is 0.302. The van der Waals surface area contributed by atoms with E-state index in [-0.39, 0.29) is 0 Å². The topological polar surface area (TPSA) is 22.1 Å². The standard InChI is InChI=1S/C16H11NO/c1-3-7-14-11(5-1)9-12-10-18-15-8-4-2-6-13(15)16(12)17-14/h1-9H,10H2. The maximum Gasteiger partial charge on any atom is 0.129 e. The van der Waals surface area contributed by atoms with Gasteiger partial charge in [-0.3, -0.25) is 0 Å². The van der Waals surface area contributed by atoms with Crippen LogP contribution in [0, 0.1) is 0 Å². The van der Waals surface area contributed by atoms with Crippen molar-refractivity contribution in [3.63, 3.8) is 0 Å². The SMILES string of the molecule is c1ccc2c(c1)OCc1cc3ccccc3nc1-2. The minimum absolute atomic E-state index is 0.601. The molecule has 0 saturated heterocycles. The Hall–Kier alpha value is -2.35. The summed E-state index contributed by atoms with van der Waals surface area (Å²) in [5.41, 5.74) is 4.33. The van der Waals surface area contributed by atoms with E-state index in [1.807, 2.05) is 36.4 Å². The monoisotopic (exact) mass is 233 g/mol. The number of nitrogens with zero attached hydrogens (tertiary/aromatic N) is 1. The number of pyridine rings is 1. The Kier molecular flexibility index (Phi) is 1.92. The van der Waals surface area contributed by atoms with Crippen LogP contribution in [-0.4, -0.2) is 4.98 Å². The van der Waals surface area contributed by atoms with Gasteiger partial charge in [0.1, 0.15) is 12.4 Å². The van der Waals surface area contributed by atoms with Crippen LogP contribution in [0.2, 0.25) is 0 Å². The molecule has 3 aromatic rings. The fourth-order valence-electron chi connectivity index (χ4n) is 2.45. The van der Waals surface area contributed by atoms with Crippen LogP contribution >= 0.6 is 0 Å². The Morgan fingerprint density at radius 1 is 0.944 bits per heavy atom. The molecule has 0 fully saturated rings. The van der Waals surface area contributed by atoms with Crippen molar-refractivity contribution in [3.05, 3.63) is 60.2 Å². The Balaban J connectivity index is 2.06. The van der Waals surface area contributed by atoms with Crippen molar-refractivity contribution in [2.75, 3.05) is 0 Å². The van der Waals surface area contributed by atoms with Gasteiger partial charge >= 0.3 is 0 Å². The second kappa shape index (κ2) is 3.57. The van der Waals surface area contributed by atoms with Gasteiger partial charge in [0, 0.05) is 16.5 Å². The highest BCUT2D eigenvalue weighted by Crippen LogP contribution is 2.36. The molecule has 1 aromatic heterocycles. The summed E-state index contributed by atoms with van der Waals surface area (Å²) in [4.78, 5) is 4.78. The van der Waals surface area contributed by atoms with Crippen LogP contribution in [0.15, 0.2) is 54.6 Å². The van der Waals surface area contributed by atoms with Crippen molar-refractivity contribution in [3.8, 4) is 17.0 Å². The molecule has 2 aromatic carbocycles. The van der Waals surface area contributed by atoms with Gasteiger partial charge in [0.05, 0.1) is 11.2 Å². The van der Waals surface area contributed by atoms with Gasteiger partial charge in [0.25, 0.3) is 0 Å². The third-order valence-electron chi connectivity index (χ3n) is 3.33. The van der Waals surface area contributed by atoms with Crippen LogP contribution in [0.4, 0.5) is 0 Å². The molecule has 2 heteroatoms. The van der Waals surface area contributed by atoms with Crippen LogP contribution < -0.4 is 4.74 Å². The van der Waals surface area contributed by atoms with E-state index in [1.54, 1.807) is 0 Å². The van der Waals surface area contributed by atoms with E-state index in [0.717, 1.165) is 28.1 Å². The fourth-order valence-corrected chi connectivity index (χ4v) is 2.45. The molecular formula is C16H11NO. The largest absolute Gasteiger partial charge is 0.488 e. The number of para-hydroxylation sites is 2. The Labute approximate surface area is 105 Å². The summed E-state index contributed by atoms with van der Waals surface area (Å²) in [7, 11) is 0. The van der Waals surface area contributed by atoms with E-state index in [1.165, 1.54) is 5.39 Å². The molecule has 86 valence electrons. The molecule has 0 aliphatic carbocycles. The van der Waals surface area contributed by atoms with Gasteiger partial charge in [0.15, 0.2) is 0 Å². The first-order chi connectivity index (χ1) is 8.92. The highest BCUT2D eigenvalue weighted by molar-refractivity contribution is 5.85. The lowest BCUT2D eigenvalue weighted by atomic mass is 10.0. The van der Waals surface area contributed by atoms with Gasteiger partial charge in [-0.25, -0.2) is 4.98 Å². The zero-order chi connectivity index (χ0) is 11.9. The van der Waals surface area contributed by atoms with Gasteiger partial charge in [-0.1, -0.05) is 30.3 Å². The fraction of sp³-hybridized carbons (Fsp3) is 0.0625. The van der Waals surface area contributed by atoms with E-state index < -0.39 is 0 Å². The summed E-state index contributed by atoms with van der Waals surface area (Å²) in [5, 5.41) is 1.17. The van der Waals surface area contributed by atoms with Crippen molar-refractivity contribution in [2.24, 2.45) is 0 Å². The molecule has 0 atom stereocenters. The van der Waals surface area contributed by atoms with Crippen molar-refractivity contribution in [1.29, 1.82) is 0 Å². The first kappa shape index (κ1) is 9.66. The third-order valence-corrected chi connectivity index (χ3v) is 3.33. The highest BCUT2D eigenvalue weighted by atomic mass is 16.5. The van der Waals surface area contributed by atoms with Crippen molar-refractivity contribution in [1.82, 2.24) is 4.98 Å². The molecular weight excluding hydrogens is 222 g/mol. The summed E-state index contributed by atoms with van der Waals surface area (Å²) >= 11 is 0. The molecule has 0 amide bonds. The lowest BCUT2D eigenvalue weighted by Crippen LogP contribution is -2.06. The normalized spacial score (nSPS) is 12.7. The predicted octanol–water partition coefficient (Wildman–Crippen LogP) is 3.79. The van der Waals surface area contributed by atoms with Crippen LogP contribution in [0.3, 0.4) is 0 Å². The zero-order valence-electron chi connectivity index (χ0n) is 9.76. The minimum Gasteiger partial charge on any atom is -0.488 e. The van der Waals surface area contributed by atoms with Gasteiger partial charge in [-0.2, -0.15) is 0 Å². The number of benzene rings is 2. The van der Waals surface area contributed by atoms with Gasteiger partial charge in [-0.15, -0.1) is 0 Å². The Bertz CT molecular complexity index is 749. The van der Waals surface area contributed by atoms with Gasteiger partial charge in [-0.05, 0) is 24.3 Å². The van der Waals surface area contributed by atoms with E-state index in [4.69, 9.17) is 9.72 Å². The van der Waals surface area contributed by atoms with Crippen LogP contribution in [0.5, 0.6) is 5.75 Å². The molecule has 0 saturated carbocycles. The molecule has 4 rings (SSSR count). The minimum atomic E-state index is 0.601. The lowest BCUT2D eigenvalue weighted by Gasteiger charge is -2.20. The van der Waals surface area contributed by atoms with Gasteiger partial charge in [0.2, 0.25) is 0 Å². The number of hydrogen-bond acceptors (Lipinski definition) is 2. The third kappa shape index (κ3) is 1.32. The molecule has 18 heavy (non-hydrogen) atoms. The number of ether oxygens (including phenoxy) is 1. The van der Waals surface area contributed by atoms with E-state index >= 15 is 0 Å². The average molecular weight is 233 g/mol. The van der Waals surface area contributed by atoms with Crippen molar-refractivity contribution < 1.29 is 4.74 Å². The first-order valence-corrected chi connectivity index (χ1v) is 6.03. The maximum absolute atomic E-state index is 5.76.